The van der Waals surface area contributed by atoms with Crippen LogP contribution in [0, 0.1) is 6.92 Å². The summed E-state index contributed by atoms with van der Waals surface area (Å²) in [5.41, 5.74) is 2.63. The molecule has 0 spiro atoms. The van der Waals surface area contributed by atoms with E-state index in [9.17, 15) is 4.79 Å². The van der Waals surface area contributed by atoms with Crippen LogP contribution in [0.5, 0.6) is 0 Å². The Morgan fingerprint density at radius 2 is 1.95 bits per heavy atom. The zero-order valence-electron chi connectivity index (χ0n) is 12.1. The number of anilines is 1. The topological polar surface area (TPSA) is 41.1 Å². The molecule has 0 aliphatic rings. The summed E-state index contributed by atoms with van der Waals surface area (Å²) in [5, 5.41) is 6.04. The number of amides is 1. The third-order valence-electron chi connectivity index (χ3n) is 3.18. The summed E-state index contributed by atoms with van der Waals surface area (Å²) >= 11 is 1.75. The zero-order valence-corrected chi connectivity index (χ0v) is 12.9. The van der Waals surface area contributed by atoms with Gasteiger partial charge in [0, 0.05) is 22.5 Å². The SMILES string of the molecule is CCc1ccc(CNC(=O)c2cc(C)ccc2NC)s1. The van der Waals surface area contributed by atoms with E-state index in [1.54, 1.807) is 11.3 Å². The first-order valence-corrected chi connectivity index (χ1v) is 7.60. The highest BCUT2D eigenvalue weighted by molar-refractivity contribution is 7.11. The molecule has 3 nitrogen and oxygen atoms in total. The highest BCUT2D eigenvalue weighted by Gasteiger charge is 2.11. The Hall–Kier alpha value is -1.81. The lowest BCUT2D eigenvalue weighted by Gasteiger charge is -2.10. The molecule has 2 N–H and O–H groups in total. The van der Waals surface area contributed by atoms with E-state index < -0.39 is 0 Å². The van der Waals surface area contributed by atoms with Gasteiger partial charge in [0.15, 0.2) is 0 Å². The van der Waals surface area contributed by atoms with Crippen molar-refractivity contribution in [3.63, 3.8) is 0 Å². The summed E-state index contributed by atoms with van der Waals surface area (Å²) in [4.78, 5) is 14.8. The van der Waals surface area contributed by atoms with Gasteiger partial charge in [0.2, 0.25) is 0 Å². The van der Waals surface area contributed by atoms with Crippen molar-refractivity contribution in [1.82, 2.24) is 5.32 Å². The van der Waals surface area contributed by atoms with Crippen LogP contribution in [0.1, 0.15) is 32.6 Å². The van der Waals surface area contributed by atoms with Crippen molar-refractivity contribution in [1.29, 1.82) is 0 Å². The van der Waals surface area contributed by atoms with E-state index in [4.69, 9.17) is 0 Å². The number of benzene rings is 1. The molecule has 20 heavy (non-hydrogen) atoms. The summed E-state index contributed by atoms with van der Waals surface area (Å²) in [7, 11) is 1.83. The van der Waals surface area contributed by atoms with E-state index in [1.807, 2.05) is 32.2 Å². The van der Waals surface area contributed by atoms with Gasteiger partial charge in [-0.1, -0.05) is 18.6 Å². The number of aryl methyl sites for hydroxylation is 2. The van der Waals surface area contributed by atoms with Gasteiger partial charge in [-0.15, -0.1) is 11.3 Å². The average molecular weight is 288 g/mol. The van der Waals surface area contributed by atoms with E-state index in [0.717, 1.165) is 17.7 Å². The number of carbonyl (C=O) groups is 1. The van der Waals surface area contributed by atoms with Gasteiger partial charge in [-0.25, -0.2) is 0 Å². The lowest BCUT2D eigenvalue weighted by Crippen LogP contribution is -2.23. The van der Waals surface area contributed by atoms with Gasteiger partial charge in [0.1, 0.15) is 0 Å². The van der Waals surface area contributed by atoms with Gasteiger partial charge >= 0.3 is 0 Å². The Bertz CT molecular complexity index is 604. The summed E-state index contributed by atoms with van der Waals surface area (Å²) in [5.74, 6) is -0.0375. The molecule has 106 valence electrons. The molecule has 0 saturated heterocycles. The minimum Gasteiger partial charge on any atom is -0.387 e. The highest BCUT2D eigenvalue weighted by Crippen LogP contribution is 2.19. The van der Waals surface area contributed by atoms with E-state index >= 15 is 0 Å². The maximum absolute atomic E-state index is 12.3. The van der Waals surface area contributed by atoms with Crippen LogP contribution in [0.2, 0.25) is 0 Å². The fourth-order valence-electron chi connectivity index (χ4n) is 2.03. The molecule has 0 radical (unpaired) electrons. The van der Waals surface area contributed by atoms with Gasteiger partial charge in [-0.05, 0) is 37.6 Å². The first-order chi connectivity index (χ1) is 9.63. The molecule has 1 heterocycles. The molecule has 0 bridgehead atoms. The van der Waals surface area contributed by atoms with Crippen LogP contribution in [-0.2, 0) is 13.0 Å². The van der Waals surface area contributed by atoms with Crippen molar-refractivity contribution in [2.45, 2.75) is 26.8 Å². The van der Waals surface area contributed by atoms with Crippen LogP contribution in [0.3, 0.4) is 0 Å². The molecule has 4 heteroatoms. The quantitative estimate of drug-likeness (QED) is 0.882. The molecule has 0 aliphatic carbocycles. The second-order valence-corrected chi connectivity index (χ2v) is 5.96. The van der Waals surface area contributed by atoms with Gasteiger partial charge in [-0.3, -0.25) is 4.79 Å². The summed E-state index contributed by atoms with van der Waals surface area (Å²) in [6.45, 7) is 4.71. The number of rotatable bonds is 5. The molecule has 0 atom stereocenters. The number of nitrogens with one attached hydrogen (secondary N) is 2. The smallest absolute Gasteiger partial charge is 0.253 e. The summed E-state index contributed by atoms with van der Waals surface area (Å²) < 4.78 is 0. The van der Waals surface area contributed by atoms with Crippen molar-refractivity contribution in [2.24, 2.45) is 0 Å². The highest BCUT2D eigenvalue weighted by atomic mass is 32.1. The largest absolute Gasteiger partial charge is 0.387 e. The van der Waals surface area contributed by atoms with Crippen LogP contribution in [0.25, 0.3) is 0 Å². The first kappa shape index (κ1) is 14.6. The van der Waals surface area contributed by atoms with Crippen LogP contribution in [0.15, 0.2) is 30.3 Å². The van der Waals surface area contributed by atoms with Crippen LogP contribution < -0.4 is 10.6 Å². The molecule has 0 saturated carbocycles. The van der Waals surface area contributed by atoms with Crippen molar-refractivity contribution < 1.29 is 4.79 Å². The molecule has 1 amide bonds. The van der Waals surface area contributed by atoms with Crippen molar-refractivity contribution in [3.8, 4) is 0 Å². The van der Waals surface area contributed by atoms with Crippen molar-refractivity contribution in [3.05, 3.63) is 51.2 Å². The van der Waals surface area contributed by atoms with Gasteiger partial charge in [-0.2, -0.15) is 0 Å². The van der Waals surface area contributed by atoms with Gasteiger partial charge < -0.3 is 10.6 Å². The molecule has 2 aromatic rings. The minimum absolute atomic E-state index is 0.0375. The lowest BCUT2D eigenvalue weighted by atomic mass is 10.1. The fraction of sp³-hybridized carbons (Fsp3) is 0.312. The Morgan fingerprint density at radius 3 is 2.60 bits per heavy atom. The predicted octanol–water partition coefficient (Wildman–Crippen LogP) is 3.59. The van der Waals surface area contributed by atoms with E-state index in [2.05, 4.69) is 29.7 Å². The number of carbonyl (C=O) groups excluding carboxylic acids is 1. The monoisotopic (exact) mass is 288 g/mol. The molecule has 0 fully saturated rings. The standard InChI is InChI=1S/C16H20N2OS/c1-4-12-6-7-13(20-12)10-18-16(19)14-9-11(2)5-8-15(14)17-3/h5-9,17H,4,10H2,1-3H3,(H,18,19). The van der Waals surface area contributed by atoms with Crippen LogP contribution in [0.4, 0.5) is 5.69 Å². The Morgan fingerprint density at radius 1 is 1.20 bits per heavy atom. The minimum atomic E-state index is -0.0375. The molecular formula is C16H20N2OS. The number of hydrogen-bond donors (Lipinski definition) is 2. The second-order valence-electron chi connectivity index (χ2n) is 4.70. The molecule has 0 unspecified atom stereocenters. The fourth-order valence-corrected chi connectivity index (χ4v) is 2.93. The van der Waals surface area contributed by atoms with Gasteiger partial charge in [0.05, 0.1) is 12.1 Å². The second kappa shape index (κ2) is 6.57. The normalized spacial score (nSPS) is 10.3. The Labute approximate surface area is 124 Å². The average Bonchev–Trinajstić information content (AvgIpc) is 2.92. The van der Waals surface area contributed by atoms with Crippen LogP contribution in [-0.4, -0.2) is 13.0 Å². The Kier molecular flexibility index (Phi) is 4.79. The zero-order chi connectivity index (χ0) is 14.5. The Balaban J connectivity index is 2.06. The first-order valence-electron chi connectivity index (χ1n) is 6.78. The molecule has 0 aliphatic heterocycles. The lowest BCUT2D eigenvalue weighted by molar-refractivity contribution is 0.0952. The van der Waals surface area contributed by atoms with E-state index in [-0.39, 0.29) is 5.91 Å². The van der Waals surface area contributed by atoms with E-state index in [1.165, 1.54) is 9.75 Å². The summed E-state index contributed by atoms with van der Waals surface area (Å²) in [6.07, 6.45) is 1.04. The third kappa shape index (κ3) is 3.39. The number of hydrogen-bond acceptors (Lipinski definition) is 3. The van der Waals surface area contributed by atoms with Crippen molar-refractivity contribution >= 4 is 22.9 Å². The summed E-state index contributed by atoms with van der Waals surface area (Å²) in [6, 6.07) is 10.0. The molecule has 1 aromatic carbocycles. The van der Waals surface area contributed by atoms with Crippen molar-refractivity contribution in [2.75, 3.05) is 12.4 Å². The third-order valence-corrected chi connectivity index (χ3v) is 4.41. The molecule has 1 aromatic heterocycles. The van der Waals surface area contributed by atoms with Crippen LogP contribution >= 0.6 is 11.3 Å². The molecule has 2 rings (SSSR count). The molecular weight excluding hydrogens is 268 g/mol. The maximum atomic E-state index is 12.3. The van der Waals surface area contributed by atoms with E-state index in [0.29, 0.717) is 12.1 Å². The van der Waals surface area contributed by atoms with Gasteiger partial charge in [0.25, 0.3) is 5.91 Å². The predicted molar refractivity (Wildman–Crippen MR) is 85.6 cm³/mol. The maximum Gasteiger partial charge on any atom is 0.253 e. The number of thiophene rings is 1.